The van der Waals surface area contributed by atoms with Crippen molar-refractivity contribution in [2.24, 2.45) is 5.92 Å². The molecule has 1 aromatic heterocycles. The molecule has 1 heterocycles. The molecular formula is C11H17N3OS. The fourth-order valence-corrected chi connectivity index (χ4v) is 3.11. The number of thioether (sulfide) groups is 1. The van der Waals surface area contributed by atoms with E-state index in [4.69, 9.17) is 10.5 Å². The largest absolute Gasteiger partial charge is 0.479 e. The van der Waals surface area contributed by atoms with Gasteiger partial charge in [-0.25, -0.2) is 4.98 Å². The van der Waals surface area contributed by atoms with Crippen LogP contribution in [0.2, 0.25) is 0 Å². The molecule has 0 spiro atoms. The third-order valence-corrected chi connectivity index (χ3v) is 4.17. The second-order valence-corrected chi connectivity index (χ2v) is 5.07. The van der Waals surface area contributed by atoms with Crippen LogP contribution in [0.25, 0.3) is 0 Å². The lowest BCUT2D eigenvalue weighted by Crippen LogP contribution is -2.02. The van der Waals surface area contributed by atoms with Gasteiger partial charge in [0.15, 0.2) is 0 Å². The Morgan fingerprint density at radius 1 is 1.44 bits per heavy atom. The number of anilines is 1. The van der Waals surface area contributed by atoms with Crippen LogP contribution in [0.5, 0.6) is 5.88 Å². The Morgan fingerprint density at radius 2 is 2.19 bits per heavy atom. The maximum absolute atomic E-state index is 5.91. The van der Waals surface area contributed by atoms with E-state index in [0.29, 0.717) is 11.6 Å². The predicted octanol–water partition coefficient (Wildman–Crippen LogP) is 2.35. The fraction of sp³-hybridized carbons (Fsp3) is 0.636. The van der Waals surface area contributed by atoms with Crippen LogP contribution in [0.4, 0.5) is 5.69 Å². The van der Waals surface area contributed by atoms with Crippen molar-refractivity contribution in [3.63, 3.8) is 0 Å². The van der Waals surface area contributed by atoms with E-state index < -0.39 is 0 Å². The van der Waals surface area contributed by atoms with E-state index in [0.717, 1.165) is 16.7 Å². The highest BCUT2D eigenvalue weighted by atomic mass is 32.2. The molecule has 0 atom stereocenters. The number of hydrogen-bond acceptors (Lipinski definition) is 5. The number of nitrogens with two attached hydrogens (primary N) is 1. The summed E-state index contributed by atoms with van der Waals surface area (Å²) in [4.78, 5) is 8.16. The van der Waals surface area contributed by atoms with Gasteiger partial charge in [-0.15, -0.1) is 11.8 Å². The zero-order valence-electron chi connectivity index (χ0n) is 9.48. The maximum Gasteiger partial charge on any atom is 0.241 e. The van der Waals surface area contributed by atoms with Crippen molar-refractivity contribution >= 4 is 17.4 Å². The van der Waals surface area contributed by atoms with Crippen LogP contribution in [-0.2, 0) is 0 Å². The quantitative estimate of drug-likeness (QED) is 0.645. The van der Waals surface area contributed by atoms with E-state index in [2.05, 4.69) is 9.97 Å². The molecule has 5 heteroatoms. The summed E-state index contributed by atoms with van der Waals surface area (Å²) in [5.41, 5.74) is 6.47. The third kappa shape index (κ3) is 2.58. The second kappa shape index (κ2) is 5.39. The monoisotopic (exact) mass is 239 g/mol. The van der Waals surface area contributed by atoms with Crippen molar-refractivity contribution in [2.75, 3.05) is 18.6 Å². The molecule has 1 saturated carbocycles. The first kappa shape index (κ1) is 11.5. The Balaban J connectivity index is 1.97. The molecule has 0 bridgehead atoms. The first-order valence-electron chi connectivity index (χ1n) is 5.58. The minimum absolute atomic E-state index is 0.476. The van der Waals surface area contributed by atoms with Crippen LogP contribution in [-0.4, -0.2) is 22.8 Å². The van der Waals surface area contributed by atoms with Crippen molar-refractivity contribution < 1.29 is 4.74 Å². The minimum Gasteiger partial charge on any atom is -0.479 e. The minimum atomic E-state index is 0.476. The van der Waals surface area contributed by atoms with Gasteiger partial charge in [-0.05, 0) is 18.8 Å². The summed E-state index contributed by atoms with van der Waals surface area (Å²) in [6.07, 6.45) is 6.93. The van der Waals surface area contributed by atoms with E-state index >= 15 is 0 Å². The standard InChI is InChI=1S/C11H17N3OS/c1-15-10-9(12)11(14-7-13-10)16-6-8-4-2-3-5-8/h7-8H,2-6,12H2,1H3. The Morgan fingerprint density at radius 3 is 2.88 bits per heavy atom. The number of nitrogens with zero attached hydrogens (tertiary/aromatic N) is 2. The molecular weight excluding hydrogens is 222 g/mol. The predicted molar refractivity (Wildman–Crippen MR) is 65.7 cm³/mol. The summed E-state index contributed by atoms with van der Waals surface area (Å²) in [6, 6.07) is 0. The highest BCUT2D eigenvalue weighted by molar-refractivity contribution is 7.99. The van der Waals surface area contributed by atoms with Gasteiger partial charge in [0.1, 0.15) is 17.0 Å². The Bertz CT molecular complexity index is 353. The van der Waals surface area contributed by atoms with Gasteiger partial charge in [-0.3, -0.25) is 0 Å². The van der Waals surface area contributed by atoms with Gasteiger partial charge in [0.2, 0.25) is 5.88 Å². The molecule has 0 saturated heterocycles. The van der Waals surface area contributed by atoms with E-state index in [1.165, 1.54) is 32.0 Å². The van der Waals surface area contributed by atoms with E-state index in [1.807, 2.05) is 0 Å². The summed E-state index contributed by atoms with van der Waals surface area (Å²) >= 11 is 1.72. The van der Waals surface area contributed by atoms with Gasteiger partial charge >= 0.3 is 0 Å². The molecule has 0 unspecified atom stereocenters. The second-order valence-electron chi connectivity index (χ2n) is 4.06. The Kier molecular flexibility index (Phi) is 3.88. The Hall–Kier alpha value is -0.970. The van der Waals surface area contributed by atoms with Crippen LogP contribution in [0.15, 0.2) is 11.4 Å². The molecule has 1 aromatic rings. The summed E-state index contributed by atoms with van der Waals surface area (Å²) < 4.78 is 5.07. The van der Waals surface area contributed by atoms with Crippen LogP contribution in [0.3, 0.4) is 0 Å². The molecule has 88 valence electrons. The van der Waals surface area contributed by atoms with Gasteiger partial charge in [-0.1, -0.05) is 12.8 Å². The van der Waals surface area contributed by atoms with Crippen molar-refractivity contribution in [2.45, 2.75) is 30.7 Å². The van der Waals surface area contributed by atoms with Gasteiger partial charge in [0.25, 0.3) is 0 Å². The average Bonchev–Trinajstić information content (AvgIpc) is 2.81. The maximum atomic E-state index is 5.91. The van der Waals surface area contributed by atoms with Crippen LogP contribution in [0.1, 0.15) is 25.7 Å². The van der Waals surface area contributed by atoms with Crippen LogP contribution < -0.4 is 10.5 Å². The molecule has 4 nitrogen and oxygen atoms in total. The van der Waals surface area contributed by atoms with E-state index in [1.54, 1.807) is 18.9 Å². The zero-order chi connectivity index (χ0) is 11.4. The normalized spacial score (nSPS) is 16.6. The lowest BCUT2D eigenvalue weighted by atomic mass is 10.1. The molecule has 16 heavy (non-hydrogen) atoms. The van der Waals surface area contributed by atoms with Crippen LogP contribution in [0, 0.1) is 5.92 Å². The number of rotatable bonds is 4. The fourth-order valence-electron chi connectivity index (χ4n) is 2.02. The molecule has 0 radical (unpaired) electrons. The molecule has 2 N–H and O–H groups in total. The molecule has 1 aliphatic carbocycles. The van der Waals surface area contributed by atoms with Crippen molar-refractivity contribution in [3.05, 3.63) is 6.33 Å². The molecule has 2 rings (SSSR count). The highest BCUT2D eigenvalue weighted by Gasteiger charge is 2.17. The topological polar surface area (TPSA) is 61.0 Å². The van der Waals surface area contributed by atoms with Crippen LogP contribution >= 0.6 is 11.8 Å². The first-order valence-corrected chi connectivity index (χ1v) is 6.57. The molecule has 0 amide bonds. The number of nitrogen functional groups attached to an aromatic ring is 1. The van der Waals surface area contributed by atoms with Gasteiger partial charge in [0.05, 0.1) is 7.11 Å². The summed E-state index contributed by atoms with van der Waals surface area (Å²) in [5.74, 6) is 2.40. The van der Waals surface area contributed by atoms with Crippen molar-refractivity contribution in [1.29, 1.82) is 0 Å². The Labute approximate surface area is 100.0 Å². The van der Waals surface area contributed by atoms with Crippen molar-refractivity contribution in [1.82, 2.24) is 9.97 Å². The summed E-state index contributed by atoms with van der Waals surface area (Å²) in [6.45, 7) is 0. The number of methoxy groups -OCH3 is 1. The average molecular weight is 239 g/mol. The first-order chi connectivity index (χ1) is 7.81. The van der Waals surface area contributed by atoms with E-state index in [9.17, 15) is 0 Å². The number of aromatic nitrogens is 2. The lowest BCUT2D eigenvalue weighted by Gasteiger charge is -2.10. The van der Waals surface area contributed by atoms with E-state index in [-0.39, 0.29) is 0 Å². The van der Waals surface area contributed by atoms with Crippen molar-refractivity contribution in [3.8, 4) is 5.88 Å². The zero-order valence-corrected chi connectivity index (χ0v) is 10.3. The molecule has 1 fully saturated rings. The number of ether oxygens (including phenoxy) is 1. The highest BCUT2D eigenvalue weighted by Crippen LogP contribution is 2.34. The molecule has 0 aromatic carbocycles. The van der Waals surface area contributed by atoms with Gasteiger partial charge < -0.3 is 10.5 Å². The smallest absolute Gasteiger partial charge is 0.241 e. The molecule has 1 aliphatic rings. The SMILES string of the molecule is COc1ncnc(SCC2CCCC2)c1N. The van der Waals surface area contributed by atoms with Gasteiger partial charge in [0, 0.05) is 5.75 Å². The molecule has 0 aliphatic heterocycles. The van der Waals surface area contributed by atoms with Gasteiger partial charge in [-0.2, -0.15) is 4.98 Å². The third-order valence-electron chi connectivity index (χ3n) is 2.93. The lowest BCUT2D eigenvalue weighted by molar-refractivity contribution is 0.397. The number of hydrogen-bond donors (Lipinski definition) is 1. The summed E-state index contributed by atoms with van der Waals surface area (Å²) in [7, 11) is 1.57. The summed E-state index contributed by atoms with van der Waals surface area (Å²) in [5, 5.41) is 0.846.